The minimum absolute atomic E-state index is 0.143. The van der Waals surface area contributed by atoms with Gasteiger partial charge in [-0.15, -0.1) is 0 Å². The monoisotopic (exact) mass is 232 g/mol. The first-order chi connectivity index (χ1) is 8.03. The van der Waals surface area contributed by atoms with E-state index in [9.17, 15) is 9.59 Å². The number of aryl methyl sites for hydroxylation is 1. The largest absolute Gasteiger partial charge is 0.330 e. The Balaban J connectivity index is 2.42. The molecule has 0 radical (unpaired) electrons. The van der Waals surface area contributed by atoms with Crippen LogP contribution in [0.1, 0.15) is 31.4 Å². The van der Waals surface area contributed by atoms with Crippen LogP contribution in [0.25, 0.3) is 0 Å². The maximum Gasteiger partial charge on any atom is 0.218 e. The summed E-state index contributed by atoms with van der Waals surface area (Å²) in [5, 5.41) is 5.74. The number of carbonyl (C=O) groups excluding carboxylic acids is 2. The average Bonchev–Trinajstić information content (AvgIpc) is 2.56. The van der Waals surface area contributed by atoms with Gasteiger partial charge < -0.3 is 10.6 Å². The van der Waals surface area contributed by atoms with Gasteiger partial charge in [0.05, 0.1) is 0 Å². The molecule has 0 spiro atoms. The van der Waals surface area contributed by atoms with Gasteiger partial charge in [0.2, 0.25) is 11.8 Å². The van der Waals surface area contributed by atoms with Gasteiger partial charge in [-0.1, -0.05) is 24.3 Å². The molecule has 1 aliphatic carbocycles. The first-order valence-electron chi connectivity index (χ1n) is 5.69. The predicted octanol–water partition coefficient (Wildman–Crippen LogP) is 1.06. The molecule has 0 aliphatic heterocycles. The zero-order valence-electron chi connectivity index (χ0n) is 10.0. The maximum atomic E-state index is 11.3. The summed E-state index contributed by atoms with van der Waals surface area (Å²) in [6.07, 6.45) is 1.56. The number of benzene rings is 1. The molecule has 0 saturated heterocycles. The molecule has 4 nitrogen and oxygen atoms in total. The van der Waals surface area contributed by atoms with Crippen LogP contribution in [0.5, 0.6) is 0 Å². The summed E-state index contributed by atoms with van der Waals surface area (Å²) in [7, 11) is 0. The van der Waals surface area contributed by atoms with Crippen LogP contribution >= 0.6 is 0 Å². The molecule has 0 aromatic heterocycles. The van der Waals surface area contributed by atoms with E-state index >= 15 is 0 Å². The van der Waals surface area contributed by atoms with Gasteiger partial charge >= 0.3 is 0 Å². The van der Waals surface area contributed by atoms with Crippen molar-refractivity contribution < 1.29 is 9.59 Å². The van der Waals surface area contributed by atoms with Crippen molar-refractivity contribution >= 4 is 11.8 Å². The Kier molecular flexibility index (Phi) is 2.88. The number of hydrogen-bond acceptors (Lipinski definition) is 2. The molecule has 2 amide bonds. The van der Waals surface area contributed by atoms with Crippen LogP contribution in [0.15, 0.2) is 24.3 Å². The summed E-state index contributed by atoms with van der Waals surface area (Å²) in [6, 6.07) is 7.87. The van der Waals surface area contributed by atoms with Crippen molar-refractivity contribution in [1.82, 2.24) is 10.6 Å². The Bertz CT molecular complexity index is 452. The van der Waals surface area contributed by atoms with Crippen molar-refractivity contribution in [3.05, 3.63) is 35.4 Å². The molecule has 2 N–H and O–H groups in total. The molecule has 17 heavy (non-hydrogen) atoms. The Morgan fingerprint density at radius 1 is 1.12 bits per heavy atom. The summed E-state index contributed by atoms with van der Waals surface area (Å²) < 4.78 is 0. The molecule has 0 unspecified atom stereocenters. The molecule has 0 bridgehead atoms. The fourth-order valence-electron chi connectivity index (χ4n) is 2.50. The first-order valence-corrected chi connectivity index (χ1v) is 5.69. The van der Waals surface area contributed by atoms with Gasteiger partial charge in [-0.3, -0.25) is 9.59 Å². The number of nitrogens with one attached hydrogen (secondary N) is 2. The second kappa shape index (κ2) is 4.20. The van der Waals surface area contributed by atoms with Crippen LogP contribution in [0.4, 0.5) is 0 Å². The fraction of sp³-hybridized carbons (Fsp3) is 0.385. The fourth-order valence-corrected chi connectivity index (χ4v) is 2.50. The topological polar surface area (TPSA) is 58.2 Å². The van der Waals surface area contributed by atoms with Crippen LogP contribution in [-0.2, 0) is 21.7 Å². The lowest BCUT2D eigenvalue weighted by atomic mass is 10.0. The molecule has 90 valence electrons. The van der Waals surface area contributed by atoms with E-state index in [0.717, 1.165) is 12.0 Å². The molecular weight excluding hydrogens is 216 g/mol. The molecule has 0 heterocycles. The number of amides is 2. The summed E-state index contributed by atoms with van der Waals surface area (Å²) in [6.45, 7) is 2.93. The van der Waals surface area contributed by atoms with E-state index in [1.165, 1.54) is 19.4 Å². The first kappa shape index (κ1) is 11.6. The molecule has 0 atom stereocenters. The zero-order chi connectivity index (χ0) is 12.5. The predicted molar refractivity (Wildman–Crippen MR) is 64.1 cm³/mol. The standard InChI is InChI=1S/C13H16N2O2/c1-9(16)14-13(15-10(2)17)8-7-11-5-3-4-6-12(11)13/h3-6H,7-8H2,1-2H3,(H,14,16)(H,15,17). The Morgan fingerprint density at radius 3 is 2.29 bits per heavy atom. The van der Waals surface area contributed by atoms with Gasteiger partial charge in [-0.05, 0) is 18.4 Å². The normalized spacial score (nSPS) is 16.1. The van der Waals surface area contributed by atoms with Crippen LogP contribution in [0.3, 0.4) is 0 Å². The van der Waals surface area contributed by atoms with Crippen LogP contribution in [0.2, 0.25) is 0 Å². The molecule has 1 aromatic rings. The van der Waals surface area contributed by atoms with E-state index in [1.54, 1.807) is 0 Å². The lowest BCUT2D eigenvalue weighted by Crippen LogP contribution is -2.55. The van der Waals surface area contributed by atoms with Crippen molar-refractivity contribution in [3.8, 4) is 0 Å². The molecule has 2 rings (SSSR count). The van der Waals surface area contributed by atoms with E-state index in [1.807, 2.05) is 24.3 Å². The van der Waals surface area contributed by atoms with E-state index < -0.39 is 5.66 Å². The van der Waals surface area contributed by atoms with Crippen molar-refractivity contribution in [2.45, 2.75) is 32.4 Å². The van der Waals surface area contributed by atoms with Gasteiger partial charge in [-0.25, -0.2) is 0 Å². The van der Waals surface area contributed by atoms with Gasteiger partial charge in [0.1, 0.15) is 5.66 Å². The molecule has 0 saturated carbocycles. The number of hydrogen-bond donors (Lipinski definition) is 2. The van der Waals surface area contributed by atoms with Crippen molar-refractivity contribution in [1.29, 1.82) is 0 Å². The van der Waals surface area contributed by atoms with Crippen LogP contribution < -0.4 is 10.6 Å². The van der Waals surface area contributed by atoms with Crippen LogP contribution in [-0.4, -0.2) is 11.8 Å². The smallest absolute Gasteiger partial charge is 0.218 e. The SMILES string of the molecule is CC(=O)NC1(NC(C)=O)CCc2ccccc21. The van der Waals surface area contributed by atoms with Gasteiger partial charge in [0.25, 0.3) is 0 Å². The van der Waals surface area contributed by atoms with Gasteiger partial charge in [0, 0.05) is 19.4 Å². The third-order valence-electron chi connectivity index (χ3n) is 3.03. The number of carbonyl (C=O) groups is 2. The number of rotatable bonds is 2. The van der Waals surface area contributed by atoms with Crippen LogP contribution in [0, 0.1) is 0 Å². The summed E-state index contributed by atoms with van der Waals surface area (Å²) in [5.74, 6) is -0.286. The Labute approximate surface area is 100 Å². The second-order valence-corrected chi connectivity index (χ2v) is 4.42. The van der Waals surface area contributed by atoms with Gasteiger partial charge in [0.15, 0.2) is 0 Å². The summed E-state index contributed by atoms with van der Waals surface area (Å²) in [4.78, 5) is 22.7. The van der Waals surface area contributed by atoms with Gasteiger partial charge in [-0.2, -0.15) is 0 Å². The lowest BCUT2D eigenvalue weighted by Gasteiger charge is -2.32. The van der Waals surface area contributed by atoms with E-state index in [2.05, 4.69) is 10.6 Å². The van der Waals surface area contributed by atoms with Crippen molar-refractivity contribution in [3.63, 3.8) is 0 Å². The highest BCUT2D eigenvalue weighted by atomic mass is 16.2. The second-order valence-electron chi connectivity index (χ2n) is 4.42. The lowest BCUT2D eigenvalue weighted by molar-refractivity contribution is -0.125. The third kappa shape index (κ3) is 2.16. The van der Waals surface area contributed by atoms with E-state index in [0.29, 0.717) is 6.42 Å². The number of fused-ring (bicyclic) bond motifs is 1. The third-order valence-corrected chi connectivity index (χ3v) is 3.03. The summed E-state index contributed by atoms with van der Waals surface area (Å²) in [5.41, 5.74) is 1.44. The highest BCUT2D eigenvalue weighted by Gasteiger charge is 2.39. The quantitative estimate of drug-likeness (QED) is 0.749. The summed E-state index contributed by atoms with van der Waals surface area (Å²) >= 11 is 0. The highest BCUT2D eigenvalue weighted by Crippen LogP contribution is 2.34. The van der Waals surface area contributed by atoms with Crippen molar-refractivity contribution in [2.24, 2.45) is 0 Å². The minimum Gasteiger partial charge on any atom is -0.330 e. The van der Waals surface area contributed by atoms with E-state index in [-0.39, 0.29) is 11.8 Å². The molecule has 4 heteroatoms. The Morgan fingerprint density at radius 2 is 1.71 bits per heavy atom. The molecule has 0 fully saturated rings. The molecule has 1 aliphatic rings. The molecule has 1 aromatic carbocycles. The Hall–Kier alpha value is -1.84. The molecular formula is C13H16N2O2. The average molecular weight is 232 g/mol. The minimum atomic E-state index is -0.728. The van der Waals surface area contributed by atoms with Crippen molar-refractivity contribution in [2.75, 3.05) is 0 Å². The maximum absolute atomic E-state index is 11.3. The van der Waals surface area contributed by atoms with E-state index in [4.69, 9.17) is 0 Å². The zero-order valence-corrected chi connectivity index (χ0v) is 10.0. The highest BCUT2D eigenvalue weighted by molar-refractivity contribution is 5.78.